The zero-order valence-corrected chi connectivity index (χ0v) is 7.89. The van der Waals surface area contributed by atoms with Crippen LogP contribution in [-0.4, -0.2) is 32.0 Å². The highest BCUT2D eigenvalue weighted by Crippen LogP contribution is 2.00. The monoisotopic (exact) mass is 189 g/mol. The third-order valence-corrected chi connectivity index (χ3v) is 2.66. The summed E-state index contributed by atoms with van der Waals surface area (Å²) in [4.78, 5) is 3.85. The van der Waals surface area contributed by atoms with Crippen LogP contribution in [0.2, 0.25) is 0 Å². The van der Waals surface area contributed by atoms with Gasteiger partial charge in [0.25, 0.3) is 0 Å². The van der Waals surface area contributed by atoms with Crippen LogP contribution in [0.5, 0.6) is 0 Å². The summed E-state index contributed by atoms with van der Waals surface area (Å²) >= 11 is 6.00. The fourth-order valence-corrected chi connectivity index (χ4v) is 1.71. The molecular formula is C6H11N3S2. The highest BCUT2D eigenvalue weighted by molar-refractivity contribution is 7.99. The van der Waals surface area contributed by atoms with Crippen molar-refractivity contribution in [3.8, 4) is 0 Å². The Kier molecular flexibility index (Phi) is 4.45. The molecule has 0 aliphatic rings. The highest BCUT2D eigenvalue weighted by atomic mass is 32.2. The Hall–Kier alpha value is -0.160. The van der Waals surface area contributed by atoms with Crippen molar-refractivity contribution in [2.24, 2.45) is 0 Å². The summed E-state index contributed by atoms with van der Waals surface area (Å²) in [6, 6.07) is 0. The molecule has 0 radical (unpaired) electrons. The van der Waals surface area contributed by atoms with Gasteiger partial charge in [0.05, 0.1) is 6.54 Å². The first-order valence-corrected chi connectivity index (χ1v) is 5.23. The Bertz CT molecular complexity index is 176. The molecule has 1 rings (SSSR count). The number of hydrogen-bond acceptors (Lipinski definition) is 4. The number of thioether (sulfide) groups is 1. The Labute approximate surface area is 76.0 Å². The second kappa shape index (κ2) is 5.49. The van der Waals surface area contributed by atoms with Crippen LogP contribution in [0.25, 0.3) is 0 Å². The standard InChI is InChI=1S/C6H11N3S2/c10-2-4-11-3-1-9-6-7-5-8-9/h5-6,10H,1-4H2. The van der Waals surface area contributed by atoms with Crippen LogP contribution >= 0.6 is 24.4 Å². The summed E-state index contributed by atoms with van der Waals surface area (Å²) in [6.07, 6.45) is 3.30. The van der Waals surface area contributed by atoms with Gasteiger partial charge in [0.2, 0.25) is 0 Å². The van der Waals surface area contributed by atoms with Crippen LogP contribution in [-0.2, 0) is 6.54 Å². The molecule has 0 amide bonds. The largest absolute Gasteiger partial charge is 0.252 e. The minimum absolute atomic E-state index is 0.943. The Morgan fingerprint density at radius 2 is 2.36 bits per heavy atom. The maximum Gasteiger partial charge on any atom is 0.137 e. The molecule has 0 atom stereocenters. The fraction of sp³-hybridized carbons (Fsp3) is 0.667. The number of hydrogen-bond donors (Lipinski definition) is 1. The van der Waals surface area contributed by atoms with E-state index < -0.39 is 0 Å². The van der Waals surface area contributed by atoms with Gasteiger partial charge in [0, 0.05) is 11.5 Å². The summed E-state index contributed by atoms with van der Waals surface area (Å²) in [6.45, 7) is 0.943. The van der Waals surface area contributed by atoms with Crippen molar-refractivity contribution in [3.05, 3.63) is 12.7 Å². The lowest BCUT2D eigenvalue weighted by Crippen LogP contribution is -2.01. The van der Waals surface area contributed by atoms with E-state index in [1.54, 1.807) is 12.7 Å². The fourth-order valence-electron chi connectivity index (χ4n) is 0.673. The molecule has 11 heavy (non-hydrogen) atoms. The average molecular weight is 189 g/mol. The molecule has 1 aromatic rings. The lowest BCUT2D eigenvalue weighted by Gasteiger charge is -1.98. The first kappa shape index (κ1) is 8.93. The smallest absolute Gasteiger partial charge is 0.137 e. The van der Waals surface area contributed by atoms with Gasteiger partial charge in [-0.3, -0.25) is 4.68 Å². The van der Waals surface area contributed by atoms with E-state index in [0.29, 0.717) is 0 Å². The molecule has 0 saturated carbocycles. The lowest BCUT2D eigenvalue weighted by atomic mass is 10.8. The molecule has 0 spiro atoms. The summed E-state index contributed by atoms with van der Waals surface area (Å²) in [7, 11) is 0. The van der Waals surface area contributed by atoms with Crippen LogP contribution in [0.15, 0.2) is 12.7 Å². The molecule has 0 fully saturated rings. The molecule has 3 nitrogen and oxygen atoms in total. The van der Waals surface area contributed by atoms with Crippen molar-refractivity contribution in [2.75, 3.05) is 17.3 Å². The summed E-state index contributed by atoms with van der Waals surface area (Å²) in [5.41, 5.74) is 0. The van der Waals surface area contributed by atoms with Crippen LogP contribution in [0.3, 0.4) is 0 Å². The van der Waals surface area contributed by atoms with E-state index in [4.69, 9.17) is 0 Å². The van der Waals surface area contributed by atoms with E-state index in [9.17, 15) is 0 Å². The normalized spacial score (nSPS) is 10.3. The zero-order chi connectivity index (χ0) is 7.94. The van der Waals surface area contributed by atoms with Crippen LogP contribution in [0.4, 0.5) is 0 Å². The Balaban J connectivity index is 2.04. The maximum atomic E-state index is 4.11. The van der Waals surface area contributed by atoms with Crippen molar-refractivity contribution < 1.29 is 0 Å². The van der Waals surface area contributed by atoms with E-state index in [0.717, 1.165) is 23.8 Å². The molecule has 0 bridgehead atoms. The molecule has 0 aliphatic heterocycles. The molecule has 1 aromatic heterocycles. The molecule has 0 saturated heterocycles. The topological polar surface area (TPSA) is 30.7 Å². The van der Waals surface area contributed by atoms with E-state index >= 15 is 0 Å². The van der Waals surface area contributed by atoms with Gasteiger partial charge in [-0.25, -0.2) is 4.98 Å². The summed E-state index contributed by atoms with van der Waals surface area (Å²) in [5, 5.41) is 3.99. The second-order valence-corrected chi connectivity index (χ2v) is 3.67. The second-order valence-electron chi connectivity index (χ2n) is 1.99. The molecule has 5 heteroatoms. The van der Waals surface area contributed by atoms with Crippen molar-refractivity contribution in [3.63, 3.8) is 0 Å². The van der Waals surface area contributed by atoms with Crippen LogP contribution in [0.1, 0.15) is 0 Å². The SMILES string of the molecule is SCCSCCn1cncn1. The van der Waals surface area contributed by atoms with Crippen molar-refractivity contribution in [2.45, 2.75) is 6.54 Å². The van der Waals surface area contributed by atoms with E-state index in [1.165, 1.54) is 0 Å². The molecule has 1 heterocycles. The number of aryl methyl sites for hydroxylation is 1. The zero-order valence-electron chi connectivity index (χ0n) is 6.18. The van der Waals surface area contributed by atoms with Gasteiger partial charge in [-0.15, -0.1) is 0 Å². The first-order valence-electron chi connectivity index (χ1n) is 3.44. The third-order valence-electron chi connectivity index (χ3n) is 1.17. The Morgan fingerprint density at radius 3 is 3.00 bits per heavy atom. The van der Waals surface area contributed by atoms with Crippen LogP contribution in [0, 0.1) is 0 Å². The predicted molar refractivity (Wildman–Crippen MR) is 51.2 cm³/mol. The van der Waals surface area contributed by atoms with E-state index in [1.807, 2.05) is 16.4 Å². The van der Waals surface area contributed by atoms with E-state index in [2.05, 4.69) is 22.7 Å². The van der Waals surface area contributed by atoms with Gasteiger partial charge in [0.1, 0.15) is 12.7 Å². The van der Waals surface area contributed by atoms with Gasteiger partial charge >= 0.3 is 0 Å². The number of rotatable bonds is 5. The number of aromatic nitrogens is 3. The molecule has 0 unspecified atom stereocenters. The predicted octanol–water partition coefficient (Wildman–Crippen LogP) is 0.941. The van der Waals surface area contributed by atoms with E-state index in [-0.39, 0.29) is 0 Å². The Morgan fingerprint density at radius 1 is 1.45 bits per heavy atom. The van der Waals surface area contributed by atoms with Gasteiger partial charge < -0.3 is 0 Å². The van der Waals surface area contributed by atoms with Gasteiger partial charge in [0.15, 0.2) is 0 Å². The van der Waals surface area contributed by atoms with Gasteiger partial charge in [-0.2, -0.15) is 29.5 Å². The van der Waals surface area contributed by atoms with Crippen LogP contribution < -0.4 is 0 Å². The van der Waals surface area contributed by atoms with Gasteiger partial charge in [-0.05, 0) is 5.75 Å². The van der Waals surface area contributed by atoms with Gasteiger partial charge in [-0.1, -0.05) is 0 Å². The minimum Gasteiger partial charge on any atom is -0.252 e. The molecule has 0 aromatic carbocycles. The number of thiol groups is 1. The van der Waals surface area contributed by atoms with Crippen molar-refractivity contribution >= 4 is 24.4 Å². The average Bonchev–Trinajstić information content (AvgIpc) is 2.50. The number of nitrogens with zero attached hydrogens (tertiary/aromatic N) is 3. The minimum atomic E-state index is 0.943. The summed E-state index contributed by atoms with van der Waals surface area (Å²) in [5.74, 6) is 3.14. The molecular weight excluding hydrogens is 178 g/mol. The molecule has 0 aliphatic carbocycles. The maximum absolute atomic E-state index is 4.11. The molecule has 62 valence electrons. The quantitative estimate of drug-likeness (QED) is 0.552. The highest BCUT2D eigenvalue weighted by Gasteiger charge is 1.90. The molecule has 0 N–H and O–H groups in total. The van der Waals surface area contributed by atoms with Crippen molar-refractivity contribution in [1.29, 1.82) is 0 Å². The van der Waals surface area contributed by atoms with Crippen molar-refractivity contribution in [1.82, 2.24) is 14.8 Å². The summed E-state index contributed by atoms with van der Waals surface area (Å²) < 4.78 is 1.84. The first-order chi connectivity index (χ1) is 5.43. The lowest BCUT2D eigenvalue weighted by molar-refractivity contribution is 0.664. The third kappa shape index (κ3) is 3.67.